The molecule has 8 nitrogen and oxygen atoms in total. The maximum absolute atomic E-state index is 12.8. The molecule has 5 rings (SSSR count). The van der Waals surface area contributed by atoms with Crippen LogP contribution in [0.2, 0.25) is 0 Å². The molecule has 1 spiro atoms. The summed E-state index contributed by atoms with van der Waals surface area (Å²) >= 11 is 0. The first-order chi connectivity index (χ1) is 15.5. The molecule has 4 heterocycles. The van der Waals surface area contributed by atoms with Gasteiger partial charge < -0.3 is 14.5 Å². The standard InChI is InChI=1S/C21H25N5O3S/c1-22-30(28,29)14-11-16(17-13-25(2)20(27)18-15(17)3-8-23-18)19(24-12-14)26-9-6-21(4-5-21)7-10-26/h3,8,11-13,22-23H,4-7,9-10H2,1-2H3/i2D3. The minimum Gasteiger partial charge on any atom is -0.357 e. The van der Waals surface area contributed by atoms with Gasteiger partial charge in [0.15, 0.2) is 0 Å². The SMILES string of the molecule is [2H]C([2H])([2H])n1cc(-c2cc(S(=O)(=O)NC)cnc2N2CCC3(CC2)CC3)c2cc[nH]c2c1=O. The van der Waals surface area contributed by atoms with Crippen molar-refractivity contribution in [1.29, 1.82) is 0 Å². The third-order valence-electron chi connectivity index (χ3n) is 6.52. The average Bonchev–Trinajstić information content (AvgIpc) is 3.33. The molecule has 2 N–H and O–H groups in total. The van der Waals surface area contributed by atoms with Gasteiger partial charge in [0.05, 0.1) is 0 Å². The third kappa shape index (κ3) is 3.04. The first-order valence-electron chi connectivity index (χ1n) is 11.5. The van der Waals surface area contributed by atoms with Crippen LogP contribution >= 0.6 is 0 Å². The highest BCUT2D eigenvalue weighted by molar-refractivity contribution is 7.89. The fourth-order valence-electron chi connectivity index (χ4n) is 4.39. The van der Waals surface area contributed by atoms with E-state index in [1.807, 2.05) is 0 Å². The molecule has 0 amide bonds. The maximum Gasteiger partial charge on any atom is 0.274 e. The second-order valence-corrected chi connectivity index (χ2v) is 10.1. The Kier molecular flexibility index (Phi) is 3.58. The molecule has 30 heavy (non-hydrogen) atoms. The van der Waals surface area contributed by atoms with Gasteiger partial charge in [0, 0.05) is 59.3 Å². The van der Waals surface area contributed by atoms with E-state index in [1.165, 1.54) is 38.3 Å². The minimum atomic E-state index is -3.79. The number of fused-ring (bicyclic) bond motifs is 1. The van der Waals surface area contributed by atoms with Gasteiger partial charge in [-0.15, -0.1) is 0 Å². The van der Waals surface area contributed by atoms with Crippen LogP contribution < -0.4 is 15.2 Å². The van der Waals surface area contributed by atoms with Crippen molar-refractivity contribution in [2.75, 3.05) is 25.0 Å². The zero-order valence-electron chi connectivity index (χ0n) is 19.6. The van der Waals surface area contributed by atoms with Gasteiger partial charge in [-0.25, -0.2) is 18.1 Å². The van der Waals surface area contributed by atoms with Crippen LogP contribution in [0.4, 0.5) is 5.82 Å². The number of aromatic amines is 1. The number of hydrogen-bond acceptors (Lipinski definition) is 5. The van der Waals surface area contributed by atoms with Crippen molar-refractivity contribution in [2.24, 2.45) is 12.4 Å². The van der Waals surface area contributed by atoms with Crippen LogP contribution in [0.3, 0.4) is 0 Å². The summed E-state index contributed by atoms with van der Waals surface area (Å²) in [6.45, 7) is -1.13. The molecule has 3 aromatic rings. The quantitative estimate of drug-likeness (QED) is 0.661. The van der Waals surface area contributed by atoms with Gasteiger partial charge in [-0.05, 0) is 50.3 Å². The molecule has 9 heteroatoms. The number of nitrogens with one attached hydrogen (secondary N) is 2. The monoisotopic (exact) mass is 430 g/mol. The fraction of sp³-hybridized carbons (Fsp3) is 0.429. The number of rotatable bonds is 4. The number of sulfonamides is 1. The van der Waals surface area contributed by atoms with Gasteiger partial charge in [-0.3, -0.25) is 4.79 Å². The number of H-pyrrole nitrogens is 1. The Balaban J connectivity index is 1.75. The lowest BCUT2D eigenvalue weighted by molar-refractivity contribution is 0.383. The van der Waals surface area contributed by atoms with Gasteiger partial charge in [0.25, 0.3) is 5.56 Å². The summed E-state index contributed by atoms with van der Waals surface area (Å²) in [6, 6.07) is 3.19. The smallest absolute Gasteiger partial charge is 0.274 e. The molecule has 0 aromatic carbocycles. The Bertz CT molecular complexity index is 1400. The number of aromatic nitrogens is 3. The Morgan fingerprint density at radius 3 is 2.67 bits per heavy atom. The summed E-state index contributed by atoms with van der Waals surface area (Å²) in [4.78, 5) is 22.3. The molecule has 1 saturated carbocycles. The molecule has 0 radical (unpaired) electrons. The average molecular weight is 431 g/mol. The largest absolute Gasteiger partial charge is 0.357 e. The molecule has 0 unspecified atom stereocenters. The summed E-state index contributed by atoms with van der Waals surface area (Å²) in [7, 11) is -2.47. The van der Waals surface area contributed by atoms with Crippen LogP contribution in [0.1, 0.15) is 29.8 Å². The number of piperidine rings is 1. The van der Waals surface area contributed by atoms with Crippen molar-refractivity contribution in [1.82, 2.24) is 19.3 Å². The topological polar surface area (TPSA) is 100 Å². The molecule has 1 saturated heterocycles. The Hall–Kier alpha value is -2.65. The predicted octanol–water partition coefficient (Wildman–Crippen LogP) is 2.22. The second kappa shape index (κ2) is 6.68. The highest BCUT2D eigenvalue weighted by Crippen LogP contribution is 2.54. The predicted molar refractivity (Wildman–Crippen MR) is 116 cm³/mol. The van der Waals surface area contributed by atoms with Crippen LogP contribution in [-0.2, 0) is 17.0 Å². The van der Waals surface area contributed by atoms with E-state index in [0.29, 0.717) is 32.3 Å². The molecule has 2 fully saturated rings. The highest BCUT2D eigenvalue weighted by atomic mass is 32.2. The third-order valence-corrected chi connectivity index (χ3v) is 7.90. The Morgan fingerprint density at radius 1 is 1.23 bits per heavy atom. The molecular formula is C21H25N5O3S. The van der Waals surface area contributed by atoms with Gasteiger partial charge in [-0.2, -0.15) is 0 Å². The number of aryl methyl sites for hydroxylation is 1. The minimum absolute atomic E-state index is 0.0326. The zero-order chi connectivity index (χ0) is 23.6. The van der Waals surface area contributed by atoms with E-state index in [9.17, 15) is 13.2 Å². The number of anilines is 1. The van der Waals surface area contributed by atoms with Gasteiger partial charge in [0.1, 0.15) is 16.2 Å². The van der Waals surface area contributed by atoms with Crippen molar-refractivity contribution in [3.63, 3.8) is 0 Å². The van der Waals surface area contributed by atoms with E-state index >= 15 is 0 Å². The van der Waals surface area contributed by atoms with E-state index in [-0.39, 0.29) is 10.4 Å². The van der Waals surface area contributed by atoms with E-state index in [4.69, 9.17) is 4.11 Å². The molecule has 1 aliphatic heterocycles. The normalized spacial score (nSPS) is 20.2. The number of pyridine rings is 2. The van der Waals surface area contributed by atoms with Crippen LogP contribution in [0.5, 0.6) is 0 Å². The second-order valence-electron chi connectivity index (χ2n) is 8.22. The van der Waals surface area contributed by atoms with E-state index in [0.717, 1.165) is 25.9 Å². The van der Waals surface area contributed by atoms with Crippen molar-refractivity contribution in [2.45, 2.75) is 30.6 Å². The summed E-state index contributed by atoms with van der Waals surface area (Å²) in [6.07, 6.45) is 8.74. The van der Waals surface area contributed by atoms with Gasteiger partial charge >= 0.3 is 0 Å². The lowest BCUT2D eigenvalue weighted by Gasteiger charge is -2.34. The van der Waals surface area contributed by atoms with Gasteiger partial charge in [0.2, 0.25) is 10.0 Å². The Labute approximate surface area is 179 Å². The van der Waals surface area contributed by atoms with Gasteiger partial charge in [-0.1, -0.05) is 0 Å². The fourth-order valence-corrected chi connectivity index (χ4v) is 5.09. The lowest BCUT2D eigenvalue weighted by Crippen LogP contribution is -2.35. The van der Waals surface area contributed by atoms with E-state index in [1.54, 1.807) is 12.3 Å². The molecule has 2 aliphatic rings. The summed E-state index contributed by atoms with van der Waals surface area (Å²) in [5.74, 6) is 0.582. The summed E-state index contributed by atoms with van der Waals surface area (Å²) in [5, 5.41) is 0.512. The zero-order valence-corrected chi connectivity index (χ0v) is 17.4. The lowest BCUT2D eigenvalue weighted by atomic mass is 9.93. The molecule has 1 aliphatic carbocycles. The van der Waals surface area contributed by atoms with Crippen molar-refractivity contribution in [3.05, 3.63) is 41.1 Å². The van der Waals surface area contributed by atoms with Crippen LogP contribution in [0.15, 0.2) is 40.4 Å². The number of hydrogen-bond donors (Lipinski definition) is 2. The van der Waals surface area contributed by atoms with E-state index < -0.39 is 22.6 Å². The maximum atomic E-state index is 12.8. The van der Waals surface area contributed by atoms with Crippen LogP contribution in [-0.4, -0.2) is 43.1 Å². The number of nitrogens with zero attached hydrogens (tertiary/aromatic N) is 3. The molecular weight excluding hydrogens is 402 g/mol. The molecule has 158 valence electrons. The first-order valence-corrected chi connectivity index (χ1v) is 11.5. The molecule has 3 aromatic heterocycles. The summed E-state index contributed by atoms with van der Waals surface area (Å²) < 4.78 is 51.6. The first kappa shape index (κ1) is 16.1. The van der Waals surface area contributed by atoms with Crippen LogP contribution in [0.25, 0.3) is 22.0 Å². The highest BCUT2D eigenvalue weighted by Gasteiger charge is 2.44. The van der Waals surface area contributed by atoms with E-state index in [2.05, 4.69) is 19.6 Å². The summed E-state index contributed by atoms with van der Waals surface area (Å²) in [5.41, 5.74) is 0.826. The van der Waals surface area contributed by atoms with Crippen molar-refractivity contribution >= 4 is 26.7 Å². The van der Waals surface area contributed by atoms with Crippen LogP contribution in [0, 0.1) is 5.41 Å². The molecule has 0 atom stereocenters. The molecule has 0 bridgehead atoms. The van der Waals surface area contributed by atoms with Crippen molar-refractivity contribution in [3.8, 4) is 11.1 Å². The Morgan fingerprint density at radius 2 is 2.00 bits per heavy atom. The van der Waals surface area contributed by atoms with Crippen molar-refractivity contribution < 1.29 is 12.5 Å².